The molecule has 2 fully saturated rings. The lowest BCUT2D eigenvalue weighted by Crippen LogP contribution is -2.51. The van der Waals surface area contributed by atoms with Gasteiger partial charge in [0, 0.05) is 72.2 Å². The van der Waals surface area contributed by atoms with Crippen molar-refractivity contribution >= 4 is 34.8 Å². The minimum atomic E-state index is -0.671. The Labute approximate surface area is 317 Å². The van der Waals surface area contributed by atoms with Crippen LogP contribution in [0.15, 0.2) is 71.7 Å². The van der Waals surface area contributed by atoms with Gasteiger partial charge in [-0.25, -0.2) is 4.98 Å². The van der Waals surface area contributed by atoms with Gasteiger partial charge in [0.25, 0.3) is 5.56 Å². The number of hydrogen-bond donors (Lipinski definition) is 3. The molecule has 276 valence electrons. The number of hydrogen-bond acceptors (Lipinski definition) is 9. The molecular formula is C40H42Cl2N6O5. The fourth-order valence-electron chi connectivity index (χ4n) is 7.40. The van der Waals surface area contributed by atoms with E-state index < -0.39 is 5.60 Å². The third-order valence-corrected chi connectivity index (χ3v) is 10.9. The molecule has 1 amide bonds. The molecule has 13 heteroatoms. The Kier molecular flexibility index (Phi) is 10.5. The van der Waals surface area contributed by atoms with Gasteiger partial charge in [0.05, 0.1) is 41.1 Å². The molecule has 53 heavy (non-hydrogen) atoms. The van der Waals surface area contributed by atoms with Crippen LogP contribution in [0.4, 0.5) is 0 Å². The van der Waals surface area contributed by atoms with Gasteiger partial charge in [0.1, 0.15) is 5.65 Å². The molecule has 5 aromatic rings. The van der Waals surface area contributed by atoms with Gasteiger partial charge in [-0.2, -0.15) is 4.98 Å². The van der Waals surface area contributed by atoms with Crippen molar-refractivity contribution in [1.82, 2.24) is 29.9 Å². The third-order valence-electron chi connectivity index (χ3n) is 10.1. The van der Waals surface area contributed by atoms with E-state index in [0.29, 0.717) is 58.6 Å². The number of amides is 1. The van der Waals surface area contributed by atoms with Crippen molar-refractivity contribution in [3.63, 3.8) is 0 Å². The molecule has 2 aliphatic rings. The highest BCUT2D eigenvalue weighted by Gasteiger charge is 2.38. The molecule has 3 N–H and O–H groups in total. The molecule has 2 aromatic carbocycles. The number of aromatic nitrogens is 3. The number of carbonyl (C=O) groups is 1. The first kappa shape index (κ1) is 36.8. The predicted molar refractivity (Wildman–Crippen MR) is 207 cm³/mol. The first-order valence-corrected chi connectivity index (χ1v) is 18.3. The Morgan fingerprint density at radius 1 is 0.962 bits per heavy atom. The topological polar surface area (TPSA) is 130 Å². The van der Waals surface area contributed by atoms with E-state index in [1.165, 1.54) is 11.5 Å². The van der Waals surface area contributed by atoms with Gasteiger partial charge >= 0.3 is 0 Å². The van der Waals surface area contributed by atoms with E-state index in [1.807, 2.05) is 74.6 Å². The molecule has 0 bridgehead atoms. The summed E-state index contributed by atoms with van der Waals surface area (Å²) < 4.78 is 12.8. The summed E-state index contributed by atoms with van der Waals surface area (Å²) in [6.07, 6.45) is 4.35. The predicted octanol–water partition coefficient (Wildman–Crippen LogP) is 6.13. The van der Waals surface area contributed by atoms with Gasteiger partial charge in [-0.3, -0.25) is 18.9 Å². The van der Waals surface area contributed by atoms with Gasteiger partial charge in [-0.05, 0) is 57.0 Å². The van der Waals surface area contributed by atoms with Crippen molar-refractivity contribution in [3.05, 3.63) is 98.4 Å². The summed E-state index contributed by atoms with van der Waals surface area (Å²) in [5.74, 6) is 0.852. The second-order valence-electron chi connectivity index (χ2n) is 14.2. The van der Waals surface area contributed by atoms with Gasteiger partial charge in [-0.15, -0.1) is 0 Å². The molecule has 1 atom stereocenters. The summed E-state index contributed by atoms with van der Waals surface area (Å²) in [6.45, 7) is 3.43. The molecule has 4 heterocycles. The average molecular weight is 758 g/mol. The molecule has 0 radical (unpaired) electrons. The molecule has 1 saturated carbocycles. The van der Waals surface area contributed by atoms with Gasteiger partial charge in [-0.1, -0.05) is 65.7 Å². The zero-order valence-electron chi connectivity index (χ0n) is 30.1. The molecule has 0 spiro atoms. The number of nitrogens with one attached hydrogen (secondary N) is 2. The third kappa shape index (κ3) is 7.63. The summed E-state index contributed by atoms with van der Waals surface area (Å²) in [7, 11) is 5.11. The van der Waals surface area contributed by atoms with Crippen LogP contribution in [0.2, 0.25) is 10.0 Å². The summed E-state index contributed by atoms with van der Waals surface area (Å²) in [6, 6.07) is 19.4. The molecule has 3 aromatic heterocycles. The summed E-state index contributed by atoms with van der Waals surface area (Å²) in [5.41, 5.74) is 5.23. The van der Waals surface area contributed by atoms with Crippen LogP contribution in [-0.4, -0.2) is 75.8 Å². The number of benzene rings is 2. The Morgan fingerprint density at radius 3 is 2.30 bits per heavy atom. The Morgan fingerprint density at radius 2 is 1.64 bits per heavy atom. The maximum atomic E-state index is 13.6. The monoisotopic (exact) mass is 756 g/mol. The number of carbonyl (C=O) groups excluding carboxylic acids is 1. The van der Waals surface area contributed by atoms with Crippen LogP contribution >= 0.6 is 23.2 Å². The van der Waals surface area contributed by atoms with E-state index in [4.69, 9.17) is 37.7 Å². The van der Waals surface area contributed by atoms with E-state index in [-0.39, 0.29) is 36.0 Å². The van der Waals surface area contributed by atoms with Crippen molar-refractivity contribution in [1.29, 1.82) is 0 Å². The van der Waals surface area contributed by atoms with Crippen molar-refractivity contribution in [2.45, 2.75) is 63.4 Å². The highest BCUT2D eigenvalue weighted by atomic mass is 35.5. The van der Waals surface area contributed by atoms with Crippen LogP contribution in [0.25, 0.3) is 39.2 Å². The minimum Gasteiger partial charge on any atom is -0.481 e. The molecule has 0 unspecified atom stereocenters. The highest BCUT2D eigenvalue weighted by molar-refractivity contribution is 6.39. The first-order valence-electron chi connectivity index (χ1n) is 17.6. The Hall–Kier alpha value is -4.52. The van der Waals surface area contributed by atoms with Gasteiger partial charge in [0.15, 0.2) is 0 Å². The number of methoxy groups -OCH3 is 2. The maximum absolute atomic E-state index is 13.6. The van der Waals surface area contributed by atoms with Crippen LogP contribution in [0, 0.1) is 0 Å². The number of fused-ring (bicyclic) bond motifs is 1. The zero-order chi connectivity index (χ0) is 37.4. The van der Waals surface area contributed by atoms with Crippen molar-refractivity contribution in [2.75, 3.05) is 27.8 Å². The minimum absolute atomic E-state index is 0.101. The number of halogens is 2. The lowest BCUT2D eigenvalue weighted by Gasteiger charge is -2.41. The summed E-state index contributed by atoms with van der Waals surface area (Å²) in [4.78, 5) is 36.9. The van der Waals surface area contributed by atoms with Crippen LogP contribution in [0.1, 0.15) is 43.7 Å². The Bertz CT molecular complexity index is 2250. The number of ether oxygens (including phenoxy) is 2. The lowest BCUT2D eigenvalue weighted by atomic mass is 9.77. The second-order valence-corrected chi connectivity index (χ2v) is 15.0. The molecule has 1 aliphatic carbocycles. The maximum Gasteiger partial charge on any atom is 0.266 e. The number of nitrogens with zero attached hydrogens (tertiary/aromatic N) is 4. The van der Waals surface area contributed by atoms with Gasteiger partial charge in [0.2, 0.25) is 17.7 Å². The average Bonchev–Trinajstić information content (AvgIpc) is 3.54. The smallest absolute Gasteiger partial charge is 0.266 e. The van der Waals surface area contributed by atoms with Crippen LogP contribution in [0.5, 0.6) is 11.8 Å². The fourth-order valence-corrected chi connectivity index (χ4v) is 8.06. The number of aliphatic hydroxyl groups is 1. The highest BCUT2D eigenvalue weighted by Crippen LogP contribution is 2.42. The molecule has 1 saturated heterocycles. The lowest BCUT2D eigenvalue weighted by molar-refractivity contribution is -0.119. The van der Waals surface area contributed by atoms with E-state index in [0.717, 1.165) is 46.3 Å². The SMILES string of the molecule is COc1nc(-c2cccc(-c3cccc(-c4ccn5c(=O)c(CNC6CC(C)(O)C6)c(OC)nc5c4)c3Cl)c2Cl)ccc1CN(C)C[C@@H]1CCC(=O)N1. The molecule has 7 rings (SSSR count). The summed E-state index contributed by atoms with van der Waals surface area (Å²) in [5, 5.41) is 17.4. The van der Waals surface area contributed by atoms with Crippen LogP contribution in [0.3, 0.4) is 0 Å². The molecule has 1 aliphatic heterocycles. The van der Waals surface area contributed by atoms with E-state index in [9.17, 15) is 14.7 Å². The Balaban J connectivity index is 1.15. The normalized spacial score (nSPS) is 19.7. The number of pyridine rings is 2. The van der Waals surface area contributed by atoms with Crippen molar-refractivity contribution < 1.29 is 19.4 Å². The standard InChI is InChI=1S/C40H42Cl2N6O5/c1-40(51)18-26(19-40)43-20-31-38(53-4)46-33-17-23(15-16-48(33)39(31)50)27-7-5-8-28(35(27)41)29-9-6-10-30(36(29)42)32-13-11-24(37(45-32)52-3)21-47(2)22-25-12-14-34(49)44-25/h5-11,13,15-17,25-26,43,51H,12,14,18-22H2,1-4H3,(H,44,49)/t25-,26?,40?/m0/s1. The molecule has 11 nitrogen and oxygen atoms in total. The van der Waals surface area contributed by atoms with E-state index in [2.05, 4.69) is 20.5 Å². The summed E-state index contributed by atoms with van der Waals surface area (Å²) >= 11 is 14.3. The van der Waals surface area contributed by atoms with E-state index in [1.54, 1.807) is 13.3 Å². The number of likely N-dealkylation sites (N-methyl/N-ethyl adjacent to an activating group) is 1. The fraction of sp³-hybridized carbons (Fsp3) is 0.350. The quantitative estimate of drug-likeness (QED) is 0.138. The molecular weight excluding hydrogens is 715 g/mol. The van der Waals surface area contributed by atoms with Crippen LogP contribution < -0.4 is 25.7 Å². The van der Waals surface area contributed by atoms with Crippen LogP contribution in [-0.2, 0) is 17.9 Å². The van der Waals surface area contributed by atoms with E-state index >= 15 is 0 Å². The van der Waals surface area contributed by atoms with Crippen molar-refractivity contribution in [3.8, 4) is 45.3 Å². The number of rotatable bonds is 12. The van der Waals surface area contributed by atoms with Crippen molar-refractivity contribution in [2.24, 2.45) is 0 Å². The largest absolute Gasteiger partial charge is 0.481 e. The first-order chi connectivity index (χ1) is 25.4. The van der Waals surface area contributed by atoms with Gasteiger partial charge < -0.3 is 25.2 Å². The second kappa shape index (κ2) is 15.1. The zero-order valence-corrected chi connectivity index (χ0v) is 31.6.